The van der Waals surface area contributed by atoms with Crippen LogP contribution in [0, 0.1) is 16.2 Å². The van der Waals surface area contributed by atoms with Crippen LogP contribution in [0.4, 0.5) is 21.4 Å². The van der Waals surface area contributed by atoms with Gasteiger partial charge >= 0.3 is 18.0 Å². The van der Waals surface area contributed by atoms with Crippen molar-refractivity contribution in [3.05, 3.63) is 118 Å². The van der Waals surface area contributed by atoms with Crippen LogP contribution in [0.2, 0.25) is 0 Å². The maximum absolute atomic E-state index is 14.5. The number of thiazole rings is 1. The molecule has 23 nitrogen and oxygen atoms in total. The third-order valence-electron chi connectivity index (χ3n) is 19.6. The first-order valence-electron chi connectivity index (χ1n) is 32.0. The number of carboxylic acid groups (broad SMARTS) is 2. The van der Waals surface area contributed by atoms with E-state index in [1.54, 1.807) is 36.4 Å². The first-order chi connectivity index (χ1) is 44.4. The normalized spacial score (nSPS) is 25.3. The molecule has 5 aliphatic rings. The van der Waals surface area contributed by atoms with Crippen LogP contribution in [0.15, 0.2) is 84.0 Å². The van der Waals surface area contributed by atoms with Crippen LogP contribution in [0.1, 0.15) is 153 Å². The van der Waals surface area contributed by atoms with E-state index in [9.17, 15) is 54.3 Å². The van der Waals surface area contributed by atoms with E-state index in [0.29, 0.717) is 102 Å². The number of benzene rings is 3. The molecule has 10 atom stereocenters. The Morgan fingerprint density at radius 3 is 2.46 bits per heavy atom. The summed E-state index contributed by atoms with van der Waals surface area (Å²) in [6.45, 7) is 8.11. The Labute approximate surface area is 547 Å². The van der Waals surface area contributed by atoms with Crippen LogP contribution in [-0.2, 0) is 49.9 Å². The highest BCUT2D eigenvalue weighted by molar-refractivity contribution is 7.41. The highest BCUT2D eigenvalue weighted by Gasteiger charge is 2.59. The molecule has 3 aliphatic carbocycles. The summed E-state index contributed by atoms with van der Waals surface area (Å²) in [4.78, 5) is 96.7. The minimum atomic E-state index is -1.24. The molecule has 498 valence electrons. The van der Waals surface area contributed by atoms with Crippen molar-refractivity contribution in [2.45, 2.75) is 166 Å². The number of aryl methyl sites for hydroxylation is 1. The standard InChI is InChI=1S/C68H87N10O13PS/c1-40(51(29-69)49-16-17-56(75-58(49)62(87)88)77-24-18-42-8-7-9-50(52(42)31-77)60(84)76-63-74-53-10-5-6-11-55(53)93-63)71-38-67-22-20-65(3,35-67)34-66(4)21-23-68(36-66,37-67)91-39-78(25-19-46(80)32-79)64(89)90-33-44-12-14-45(73-59(83)41(2)72-57(82)30-70)26-43(44)13-15-48-27-47(81)28-54(92-48)61(85)86/h5-12,14,16-17,26,29,41,46-48,54,79-81,92H,13,15,18-25,27-28,30-39,69-70H2,1-4H3,(H,72,82)(H,73,83)(H,85,86)(H,87,88)(H,74,76,84). The molecule has 25 heteroatoms. The summed E-state index contributed by atoms with van der Waals surface area (Å²) in [7, 11) is 0.0877. The topological polar surface area (TPSA) is 355 Å². The SMILES string of the molecule is CC(=NCC12CCC(C)(CC3(C)CCC(OCN(CCC(O)CO)C(=O)OCc4ccc(NC(=O)C(C)NC(=O)CN)cc4CCC4CC(O)CC(C(=O)O)P4)(C3)C1)C2)C(=CN)c1ccc(N2CCc3cccc(C(=O)Nc4nc5ccccc5s4)c3C2)nc1C(=O)O. The van der Waals surface area contributed by atoms with Crippen molar-refractivity contribution in [3.8, 4) is 0 Å². The minimum absolute atomic E-state index is 0.00647. The molecule has 3 saturated carbocycles. The van der Waals surface area contributed by atoms with E-state index in [-0.39, 0.29) is 81.4 Å². The smallest absolute Gasteiger partial charge is 0.411 e. The number of hydrogen-bond acceptors (Lipinski definition) is 18. The van der Waals surface area contributed by atoms with Crippen molar-refractivity contribution in [2.75, 3.05) is 55.1 Å². The lowest BCUT2D eigenvalue weighted by Crippen LogP contribution is -2.45. The van der Waals surface area contributed by atoms with Crippen LogP contribution < -0.4 is 32.3 Å². The Balaban J connectivity index is 0.845. The molecule has 12 N–H and O–H groups in total. The van der Waals surface area contributed by atoms with Gasteiger partial charge in [-0.3, -0.25) is 34.4 Å². The zero-order valence-electron chi connectivity index (χ0n) is 53.2. The zero-order valence-corrected chi connectivity index (χ0v) is 55.1. The number of aromatic carboxylic acids is 1. The quantitative estimate of drug-likeness (QED) is 0.0149. The maximum Gasteiger partial charge on any atom is 0.411 e. The predicted octanol–water partition coefficient (Wildman–Crippen LogP) is 8.21. The fourth-order valence-electron chi connectivity index (χ4n) is 15.2. The van der Waals surface area contributed by atoms with E-state index in [1.165, 1.54) is 29.4 Å². The molecule has 10 rings (SSSR count). The van der Waals surface area contributed by atoms with Crippen LogP contribution in [0.3, 0.4) is 0 Å². The number of nitrogens with two attached hydrogens (primary N) is 2. The van der Waals surface area contributed by atoms with Gasteiger partial charge in [0.25, 0.3) is 5.91 Å². The van der Waals surface area contributed by atoms with Gasteiger partial charge in [-0.25, -0.2) is 19.6 Å². The number of nitrogens with one attached hydrogen (secondary N) is 3. The number of carbonyl (C=O) groups is 6. The van der Waals surface area contributed by atoms with Gasteiger partial charge in [-0.2, -0.15) is 0 Å². The number of anilines is 3. The van der Waals surface area contributed by atoms with E-state index in [4.69, 9.17) is 30.9 Å². The van der Waals surface area contributed by atoms with Gasteiger partial charge in [0, 0.05) is 60.5 Å². The minimum Gasteiger partial charge on any atom is -0.481 e. The van der Waals surface area contributed by atoms with E-state index in [1.807, 2.05) is 48.2 Å². The van der Waals surface area contributed by atoms with E-state index in [2.05, 4.69) is 34.8 Å². The summed E-state index contributed by atoms with van der Waals surface area (Å²) < 4.78 is 14.2. The lowest BCUT2D eigenvalue weighted by molar-refractivity contribution is -0.137. The first kappa shape index (κ1) is 68.4. The second kappa shape index (κ2) is 29.1. The van der Waals surface area contributed by atoms with Crippen molar-refractivity contribution < 1.29 is 63.8 Å². The molecule has 0 radical (unpaired) electrons. The number of aliphatic hydroxyl groups excluding tert-OH is 3. The molecule has 1 saturated heterocycles. The van der Waals surface area contributed by atoms with Crippen LogP contribution >= 0.6 is 19.9 Å². The maximum atomic E-state index is 14.5. The Morgan fingerprint density at radius 1 is 0.925 bits per heavy atom. The molecular weight excluding hydrogens is 1230 g/mol. The number of fused-ring (bicyclic) bond motifs is 6. The van der Waals surface area contributed by atoms with Crippen molar-refractivity contribution in [2.24, 2.45) is 32.7 Å². The fraction of sp³-hybridized carbons (Fsp3) is 0.515. The van der Waals surface area contributed by atoms with Gasteiger partial charge in [-0.15, -0.1) is 8.58 Å². The van der Waals surface area contributed by atoms with Crippen molar-refractivity contribution >= 4 is 93.8 Å². The molecule has 3 aromatic carbocycles. The van der Waals surface area contributed by atoms with Gasteiger partial charge in [0.1, 0.15) is 25.2 Å². The monoisotopic (exact) mass is 1310 g/mol. The summed E-state index contributed by atoms with van der Waals surface area (Å²) in [5, 5.41) is 60.5. The van der Waals surface area contributed by atoms with E-state index >= 15 is 0 Å². The summed E-state index contributed by atoms with van der Waals surface area (Å²) >= 11 is 1.40. The number of carbonyl (C=O) groups excluding carboxylic acids is 4. The lowest BCUT2D eigenvalue weighted by atomic mass is 9.64. The number of aliphatic imine (C=N–C) groups is 1. The lowest BCUT2D eigenvalue weighted by Gasteiger charge is -2.45. The van der Waals surface area contributed by atoms with Crippen molar-refractivity contribution in [1.29, 1.82) is 0 Å². The highest BCUT2D eigenvalue weighted by Crippen LogP contribution is 2.66. The molecule has 2 aromatic heterocycles. The second-order valence-electron chi connectivity index (χ2n) is 27.0. The summed E-state index contributed by atoms with van der Waals surface area (Å²) in [5.41, 5.74) is 16.0. The predicted molar refractivity (Wildman–Crippen MR) is 358 cm³/mol. The molecule has 4 bridgehead atoms. The molecule has 10 unspecified atom stereocenters. The molecule has 4 heterocycles. The Hall–Kier alpha value is -7.44. The number of hydrogen-bond donors (Lipinski definition) is 10. The molecule has 5 aromatic rings. The van der Waals surface area contributed by atoms with Gasteiger partial charge in [0.2, 0.25) is 11.8 Å². The molecule has 93 heavy (non-hydrogen) atoms. The average Bonchev–Trinajstić information content (AvgIpc) is 1.59. The number of carboxylic acids is 2. The van der Waals surface area contributed by atoms with Gasteiger partial charge in [-0.1, -0.05) is 55.5 Å². The number of aliphatic hydroxyl groups is 3. The van der Waals surface area contributed by atoms with E-state index in [0.717, 1.165) is 66.3 Å². The Bertz CT molecular complexity index is 3670. The highest BCUT2D eigenvalue weighted by atomic mass is 32.1. The van der Waals surface area contributed by atoms with Crippen LogP contribution in [0.5, 0.6) is 0 Å². The number of pyridine rings is 1. The van der Waals surface area contributed by atoms with Gasteiger partial charge < -0.3 is 62.0 Å². The zero-order chi connectivity index (χ0) is 66.4. The summed E-state index contributed by atoms with van der Waals surface area (Å²) in [6, 6.07) is 21.1. The second-order valence-corrected chi connectivity index (χ2v) is 29.9. The van der Waals surface area contributed by atoms with Crippen molar-refractivity contribution in [3.63, 3.8) is 0 Å². The number of rotatable bonds is 25. The third kappa shape index (κ3) is 16.4. The Kier molecular flexibility index (Phi) is 21.4. The van der Waals surface area contributed by atoms with Gasteiger partial charge in [0.15, 0.2) is 10.8 Å². The number of allylic oxidation sites excluding steroid dienone is 1. The summed E-state index contributed by atoms with van der Waals surface area (Å²) in [6.07, 6.45) is 7.62. The van der Waals surface area contributed by atoms with Gasteiger partial charge in [0.05, 0.1) is 46.8 Å². The van der Waals surface area contributed by atoms with E-state index < -0.39 is 66.0 Å². The molecule has 0 spiro atoms. The number of aromatic nitrogens is 2. The molecule has 2 aliphatic heterocycles. The van der Waals surface area contributed by atoms with Crippen LogP contribution in [-0.4, -0.2) is 157 Å². The largest absolute Gasteiger partial charge is 0.481 e. The van der Waals surface area contributed by atoms with Crippen molar-refractivity contribution in [1.82, 2.24) is 20.2 Å². The molecule has 4 amide bonds. The molecule has 4 fully saturated rings. The number of para-hydroxylation sites is 1. The molecular formula is C68H87N10O13PS. The number of amides is 4. The number of nitrogens with zero attached hydrogens (tertiary/aromatic N) is 5. The first-order valence-corrected chi connectivity index (χ1v) is 34.0. The van der Waals surface area contributed by atoms with Crippen LogP contribution in [0.25, 0.3) is 15.8 Å². The van der Waals surface area contributed by atoms with Gasteiger partial charge in [-0.05, 0) is 190 Å². The summed E-state index contributed by atoms with van der Waals surface area (Å²) in [5.74, 6) is -3.02. The number of aliphatic carboxylic acids is 1. The fourth-order valence-corrected chi connectivity index (χ4v) is 17.9. The Morgan fingerprint density at radius 2 is 1.71 bits per heavy atom. The average molecular weight is 1320 g/mol. The third-order valence-corrected chi connectivity index (χ3v) is 22.4. The number of ether oxygens (including phenoxy) is 2.